The minimum atomic E-state index is -0.305. The molecule has 0 fully saturated rings. The lowest BCUT2D eigenvalue weighted by Gasteiger charge is -2.06. The molecule has 0 saturated heterocycles. The van der Waals surface area contributed by atoms with Crippen LogP contribution >= 0.6 is 12.2 Å². The summed E-state index contributed by atoms with van der Waals surface area (Å²) in [5.41, 5.74) is 6.61. The van der Waals surface area contributed by atoms with Gasteiger partial charge in [-0.3, -0.25) is 0 Å². The number of rotatable bonds is 5. The Hall–Kier alpha value is -1.62. The molecule has 0 heterocycles. The van der Waals surface area contributed by atoms with Crippen LogP contribution in [0.2, 0.25) is 0 Å². The Bertz CT molecular complexity index is 390. The summed E-state index contributed by atoms with van der Waals surface area (Å²) in [5, 5.41) is 2.98. The summed E-state index contributed by atoms with van der Waals surface area (Å²) in [5.74, 6) is -0.305. The predicted molar refractivity (Wildman–Crippen MR) is 72.0 cm³/mol. The lowest BCUT2D eigenvalue weighted by molar-refractivity contribution is 0.0500. The van der Waals surface area contributed by atoms with Gasteiger partial charge in [0.15, 0.2) is 5.11 Å². The molecule has 1 aromatic rings. The Labute approximate surface area is 106 Å². The summed E-state index contributed by atoms with van der Waals surface area (Å²) < 4.78 is 5.08. The highest BCUT2D eigenvalue weighted by atomic mass is 32.1. The van der Waals surface area contributed by atoms with Crippen molar-refractivity contribution in [2.45, 2.75) is 19.8 Å². The third-order valence-corrected chi connectivity index (χ3v) is 2.22. The van der Waals surface area contributed by atoms with E-state index >= 15 is 0 Å². The molecule has 1 rings (SSSR count). The smallest absolute Gasteiger partial charge is 0.338 e. The van der Waals surface area contributed by atoms with Gasteiger partial charge >= 0.3 is 5.97 Å². The molecular formula is C12H16N2O2S. The maximum absolute atomic E-state index is 11.6. The van der Waals surface area contributed by atoms with Crippen LogP contribution in [0.4, 0.5) is 5.69 Å². The summed E-state index contributed by atoms with van der Waals surface area (Å²) in [7, 11) is 0. The van der Waals surface area contributed by atoms with Crippen molar-refractivity contribution >= 4 is 29.0 Å². The summed E-state index contributed by atoms with van der Waals surface area (Å²) in [6, 6.07) is 6.81. The Morgan fingerprint density at radius 1 is 1.41 bits per heavy atom. The number of thiocarbonyl (C=S) groups is 1. The quantitative estimate of drug-likeness (QED) is 0.478. The fraction of sp³-hybridized carbons (Fsp3) is 0.333. The number of hydrogen-bond donors (Lipinski definition) is 2. The third kappa shape index (κ3) is 4.82. The van der Waals surface area contributed by atoms with Crippen molar-refractivity contribution in [2.75, 3.05) is 11.9 Å². The van der Waals surface area contributed by atoms with Crippen LogP contribution in [0.3, 0.4) is 0 Å². The molecule has 1 aromatic carbocycles. The zero-order valence-electron chi connectivity index (χ0n) is 9.73. The van der Waals surface area contributed by atoms with Gasteiger partial charge in [0, 0.05) is 5.69 Å². The first-order chi connectivity index (χ1) is 8.13. The van der Waals surface area contributed by atoms with Crippen molar-refractivity contribution in [1.82, 2.24) is 0 Å². The van der Waals surface area contributed by atoms with E-state index in [-0.39, 0.29) is 11.1 Å². The number of esters is 1. The first-order valence-corrected chi connectivity index (χ1v) is 5.88. The highest BCUT2D eigenvalue weighted by molar-refractivity contribution is 7.80. The molecule has 17 heavy (non-hydrogen) atoms. The summed E-state index contributed by atoms with van der Waals surface area (Å²) in [6.07, 6.45) is 1.89. The van der Waals surface area contributed by atoms with Crippen LogP contribution in [0.5, 0.6) is 0 Å². The van der Waals surface area contributed by atoms with Crippen molar-refractivity contribution < 1.29 is 9.53 Å². The van der Waals surface area contributed by atoms with Crippen LogP contribution in [0.25, 0.3) is 0 Å². The fourth-order valence-corrected chi connectivity index (χ4v) is 1.34. The van der Waals surface area contributed by atoms with E-state index in [4.69, 9.17) is 22.7 Å². The maximum atomic E-state index is 11.6. The Morgan fingerprint density at radius 2 is 2.06 bits per heavy atom. The van der Waals surface area contributed by atoms with Crippen LogP contribution in [0.1, 0.15) is 30.1 Å². The van der Waals surface area contributed by atoms with Crippen molar-refractivity contribution in [2.24, 2.45) is 5.73 Å². The second-order valence-electron chi connectivity index (χ2n) is 3.56. The minimum absolute atomic E-state index is 0.197. The monoisotopic (exact) mass is 252 g/mol. The second kappa shape index (κ2) is 6.85. The van der Waals surface area contributed by atoms with Crippen LogP contribution in [0.15, 0.2) is 24.3 Å². The van der Waals surface area contributed by atoms with Gasteiger partial charge in [0.1, 0.15) is 0 Å². The fourth-order valence-electron chi connectivity index (χ4n) is 1.22. The average Bonchev–Trinajstić information content (AvgIpc) is 2.29. The number of hydrogen-bond acceptors (Lipinski definition) is 3. The number of unbranched alkanes of at least 4 members (excludes halogenated alkanes) is 1. The zero-order valence-corrected chi connectivity index (χ0v) is 10.5. The normalized spacial score (nSPS) is 9.71. The van der Waals surface area contributed by atoms with Gasteiger partial charge in [0.05, 0.1) is 12.2 Å². The number of benzene rings is 1. The topological polar surface area (TPSA) is 64.3 Å². The van der Waals surface area contributed by atoms with Crippen LogP contribution in [0, 0.1) is 0 Å². The van der Waals surface area contributed by atoms with Gasteiger partial charge in [0.25, 0.3) is 0 Å². The SMILES string of the molecule is CCCCOC(=O)c1ccc(NC(N)=S)cc1. The average molecular weight is 252 g/mol. The van der Waals surface area contributed by atoms with Gasteiger partial charge in [-0.15, -0.1) is 0 Å². The largest absolute Gasteiger partial charge is 0.462 e. The molecule has 0 unspecified atom stereocenters. The molecule has 5 heteroatoms. The van der Waals surface area contributed by atoms with Crippen molar-refractivity contribution in [3.05, 3.63) is 29.8 Å². The summed E-state index contributed by atoms with van der Waals surface area (Å²) >= 11 is 4.71. The molecule has 0 aromatic heterocycles. The summed E-state index contributed by atoms with van der Waals surface area (Å²) in [6.45, 7) is 2.51. The van der Waals surface area contributed by atoms with Crippen molar-refractivity contribution in [3.63, 3.8) is 0 Å². The molecule has 0 radical (unpaired) electrons. The minimum Gasteiger partial charge on any atom is -0.462 e. The van der Waals surface area contributed by atoms with E-state index in [9.17, 15) is 4.79 Å². The Morgan fingerprint density at radius 3 is 2.59 bits per heavy atom. The predicted octanol–water partition coefficient (Wildman–Crippen LogP) is 2.30. The number of ether oxygens (including phenoxy) is 1. The van der Waals surface area contributed by atoms with Gasteiger partial charge in [-0.2, -0.15) is 0 Å². The molecule has 0 bridgehead atoms. The number of nitrogens with two attached hydrogens (primary N) is 1. The molecule has 0 saturated carbocycles. The molecule has 0 aliphatic rings. The number of carbonyl (C=O) groups is 1. The molecule has 3 N–H and O–H groups in total. The first-order valence-electron chi connectivity index (χ1n) is 5.47. The van der Waals surface area contributed by atoms with E-state index < -0.39 is 0 Å². The molecule has 0 spiro atoms. The van der Waals surface area contributed by atoms with Crippen molar-refractivity contribution in [3.8, 4) is 0 Å². The van der Waals surface area contributed by atoms with Gasteiger partial charge in [-0.25, -0.2) is 4.79 Å². The lowest BCUT2D eigenvalue weighted by Crippen LogP contribution is -2.18. The molecular weight excluding hydrogens is 236 g/mol. The van der Waals surface area contributed by atoms with Crippen molar-refractivity contribution in [1.29, 1.82) is 0 Å². The van der Waals surface area contributed by atoms with E-state index in [1.165, 1.54) is 0 Å². The standard InChI is InChI=1S/C12H16N2O2S/c1-2-3-8-16-11(15)9-4-6-10(7-5-9)14-12(13)17/h4-7H,2-3,8H2,1H3,(H3,13,14,17). The highest BCUT2D eigenvalue weighted by Crippen LogP contribution is 2.10. The van der Waals surface area contributed by atoms with E-state index in [2.05, 4.69) is 5.32 Å². The Kier molecular flexibility index (Phi) is 5.42. The molecule has 0 amide bonds. The van der Waals surface area contributed by atoms with Gasteiger partial charge in [0.2, 0.25) is 0 Å². The molecule has 0 aliphatic heterocycles. The maximum Gasteiger partial charge on any atom is 0.338 e. The number of anilines is 1. The highest BCUT2D eigenvalue weighted by Gasteiger charge is 2.06. The van der Waals surface area contributed by atoms with E-state index in [0.717, 1.165) is 18.5 Å². The lowest BCUT2D eigenvalue weighted by atomic mass is 10.2. The van der Waals surface area contributed by atoms with Gasteiger partial charge in [-0.05, 0) is 42.9 Å². The number of nitrogens with one attached hydrogen (secondary N) is 1. The molecule has 0 aliphatic carbocycles. The first kappa shape index (κ1) is 13.4. The van der Waals surface area contributed by atoms with Gasteiger partial charge in [-0.1, -0.05) is 13.3 Å². The second-order valence-corrected chi connectivity index (χ2v) is 4.00. The van der Waals surface area contributed by atoms with Crippen LogP contribution in [-0.2, 0) is 4.74 Å². The van der Waals surface area contributed by atoms with Crippen LogP contribution in [-0.4, -0.2) is 17.7 Å². The molecule has 0 atom stereocenters. The summed E-state index contributed by atoms with van der Waals surface area (Å²) in [4.78, 5) is 11.6. The zero-order chi connectivity index (χ0) is 12.7. The van der Waals surface area contributed by atoms with Gasteiger partial charge < -0.3 is 15.8 Å². The third-order valence-electron chi connectivity index (χ3n) is 2.12. The number of carbonyl (C=O) groups excluding carboxylic acids is 1. The van der Waals surface area contributed by atoms with E-state index in [0.29, 0.717) is 12.2 Å². The Balaban J connectivity index is 2.54. The van der Waals surface area contributed by atoms with Crippen LogP contribution < -0.4 is 11.1 Å². The molecule has 4 nitrogen and oxygen atoms in total. The van der Waals surface area contributed by atoms with E-state index in [1.807, 2.05) is 6.92 Å². The van der Waals surface area contributed by atoms with E-state index in [1.54, 1.807) is 24.3 Å². The molecule has 92 valence electrons.